The zero-order valence-corrected chi connectivity index (χ0v) is 13.2. The van der Waals surface area contributed by atoms with Crippen molar-refractivity contribution in [1.29, 1.82) is 0 Å². The van der Waals surface area contributed by atoms with E-state index in [2.05, 4.69) is 10.3 Å². The lowest BCUT2D eigenvalue weighted by molar-refractivity contribution is -0.132. The predicted octanol–water partition coefficient (Wildman–Crippen LogP) is 2.60. The normalized spacial score (nSPS) is 17.3. The van der Waals surface area contributed by atoms with Crippen LogP contribution >= 0.6 is 11.6 Å². The zero-order valence-electron chi connectivity index (χ0n) is 12.5. The number of pyridine rings is 1. The summed E-state index contributed by atoms with van der Waals surface area (Å²) < 4.78 is 1.78. The third-order valence-corrected chi connectivity index (χ3v) is 4.46. The van der Waals surface area contributed by atoms with Crippen LogP contribution in [0, 0.1) is 0 Å². The van der Waals surface area contributed by atoms with Crippen molar-refractivity contribution in [1.82, 2.24) is 19.6 Å². The number of amides is 3. The minimum absolute atomic E-state index is 0.158. The van der Waals surface area contributed by atoms with E-state index in [-0.39, 0.29) is 18.5 Å². The van der Waals surface area contributed by atoms with Gasteiger partial charge in [-0.2, -0.15) is 0 Å². The highest BCUT2D eigenvalue weighted by atomic mass is 35.5. The Morgan fingerprint density at radius 2 is 1.95 bits per heavy atom. The number of nitrogens with one attached hydrogen (secondary N) is 1. The lowest BCUT2D eigenvalue weighted by atomic mass is 9.93. The largest absolute Gasteiger partial charge is 0.325 e. The van der Waals surface area contributed by atoms with Crippen LogP contribution in [0.25, 0.3) is 5.65 Å². The molecule has 0 atom stereocenters. The number of carbonyl (C=O) groups excluding carboxylic acids is 2. The second-order valence-electron chi connectivity index (χ2n) is 5.46. The summed E-state index contributed by atoms with van der Waals surface area (Å²) in [5.41, 5.74) is 0.594. The number of imide groups is 1. The van der Waals surface area contributed by atoms with Crippen LogP contribution in [0.4, 0.5) is 4.79 Å². The van der Waals surface area contributed by atoms with Crippen LogP contribution < -0.4 is 5.32 Å². The molecule has 0 aromatic carbocycles. The summed E-state index contributed by atoms with van der Waals surface area (Å²) in [6.45, 7) is 3.96. The van der Waals surface area contributed by atoms with Gasteiger partial charge in [0.15, 0.2) is 0 Å². The Balaban J connectivity index is 1.88. The van der Waals surface area contributed by atoms with Crippen molar-refractivity contribution in [2.24, 2.45) is 0 Å². The van der Waals surface area contributed by atoms with E-state index in [1.807, 2.05) is 13.8 Å². The molecule has 0 spiro atoms. The first-order chi connectivity index (χ1) is 10.5. The fourth-order valence-electron chi connectivity index (χ4n) is 2.80. The molecule has 1 aliphatic heterocycles. The number of urea groups is 1. The molecule has 0 bridgehead atoms. The van der Waals surface area contributed by atoms with Crippen molar-refractivity contribution >= 4 is 29.2 Å². The molecule has 2 aromatic heterocycles. The maximum atomic E-state index is 12.6. The molecule has 1 aliphatic rings. The fraction of sp³-hybridized carbons (Fsp3) is 0.400. The second-order valence-corrected chi connectivity index (χ2v) is 5.89. The van der Waals surface area contributed by atoms with Gasteiger partial charge in [0.1, 0.15) is 11.2 Å². The van der Waals surface area contributed by atoms with E-state index in [1.54, 1.807) is 28.9 Å². The van der Waals surface area contributed by atoms with Crippen LogP contribution in [0.15, 0.2) is 24.5 Å². The van der Waals surface area contributed by atoms with E-state index < -0.39 is 5.54 Å². The smallest absolute Gasteiger partial charge is 0.323 e. The van der Waals surface area contributed by atoms with Crippen molar-refractivity contribution in [3.8, 4) is 0 Å². The molecule has 6 nitrogen and oxygen atoms in total. The molecular weight excluding hydrogens is 304 g/mol. The Hall–Kier alpha value is -2.08. The monoisotopic (exact) mass is 320 g/mol. The van der Waals surface area contributed by atoms with Gasteiger partial charge in [-0.3, -0.25) is 9.69 Å². The highest BCUT2D eigenvalue weighted by Crippen LogP contribution is 2.26. The van der Waals surface area contributed by atoms with Crippen molar-refractivity contribution in [3.05, 3.63) is 35.2 Å². The molecule has 1 N–H and O–H groups in total. The van der Waals surface area contributed by atoms with E-state index in [4.69, 9.17) is 11.6 Å². The molecular formula is C15H17ClN4O2. The van der Waals surface area contributed by atoms with Crippen molar-refractivity contribution < 1.29 is 9.59 Å². The molecule has 0 aliphatic carbocycles. The summed E-state index contributed by atoms with van der Waals surface area (Å²) in [6.07, 6.45) is 4.66. The average Bonchev–Trinajstić information content (AvgIpc) is 3.00. The Morgan fingerprint density at radius 1 is 1.23 bits per heavy atom. The van der Waals surface area contributed by atoms with E-state index in [1.165, 1.54) is 4.90 Å². The van der Waals surface area contributed by atoms with Gasteiger partial charge < -0.3 is 9.72 Å². The van der Waals surface area contributed by atoms with E-state index in [0.717, 1.165) is 5.65 Å². The minimum Gasteiger partial charge on any atom is -0.323 e. The van der Waals surface area contributed by atoms with Gasteiger partial charge >= 0.3 is 6.03 Å². The van der Waals surface area contributed by atoms with Crippen LogP contribution in [0.2, 0.25) is 5.02 Å². The van der Waals surface area contributed by atoms with E-state index in [9.17, 15) is 9.59 Å². The number of hydrogen-bond donors (Lipinski definition) is 1. The molecule has 3 heterocycles. The van der Waals surface area contributed by atoms with E-state index >= 15 is 0 Å². The van der Waals surface area contributed by atoms with Crippen molar-refractivity contribution in [2.75, 3.05) is 0 Å². The number of imidazole rings is 1. The summed E-state index contributed by atoms with van der Waals surface area (Å²) in [6, 6.07) is 3.18. The van der Waals surface area contributed by atoms with Gasteiger partial charge in [-0.25, -0.2) is 9.78 Å². The van der Waals surface area contributed by atoms with Crippen LogP contribution in [0.5, 0.6) is 0 Å². The number of carbonyl (C=O) groups is 2. The Bertz CT molecular complexity index is 751. The SMILES string of the molecule is CCC1(CC)NC(=O)N(Cc2cn3cc(Cl)ccc3n2)C1=O. The minimum atomic E-state index is -0.778. The molecule has 3 amide bonds. The third kappa shape index (κ3) is 2.23. The summed E-state index contributed by atoms with van der Waals surface area (Å²) in [5, 5.41) is 3.41. The Labute approximate surface area is 133 Å². The number of halogens is 1. The summed E-state index contributed by atoms with van der Waals surface area (Å²) in [7, 11) is 0. The summed E-state index contributed by atoms with van der Waals surface area (Å²) >= 11 is 5.94. The zero-order chi connectivity index (χ0) is 15.9. The number of fused-ring (bicyclic) bond motifs is 1. The Kier molecular flexibility index (Phi) is 3.56. The molecule has 1 saturated heterocycles. The second kappa shape index (κ2) is 5.28. The maximum Gasteiger partial charge on any atom is 0.325 e. The molecule has 7 heteroatoms. The highest BCUT2D eigenvalue weighted by Gasteiger charge is 2.48. The van der Waals surface area contributed by atoms with Gasteiger partial charge in [-0.05, 0) is 25.0 Å². The van der Waals surface area contributed by atoms with Gasteiger partial charge in [-0.1, -0.05) is 25.4 Å². The summed E-state index contributed by atoms with van der Waals surface area (Å²) in [5.74, 6) is -0.183. The molecule has 0 saturated carbocycles. The molecule has 22 heavy (non-hydrogen) atoms. The first kappa shape index (κ1) is 14.8. The van der Waals surface area contributed by atoms with Crippen molar-refractivity contribution in [3.63, 3.8) is 0 Å². The van der Waals surface area contributed by atoms with Gasteiger partial charge in [0, 0.05) is 12.4 Å². The quantitative estimate of drug-likeness (QED) is 0.881. The van der Waals surface area contributed by atoms with Gasteiger partial charge in [0.2, 0.25) is 0 Å². The lowest BCUT2D eigenvalue weighted by Gasteiger charge is -2.22. The number of aromatic nitrogens is 2. The van der Waals surface area contributed by atoms with Crippen molar-refractivity contribution in [2.45, 2.75) is 38.8 Å². The molecule has 0 radical (unpaired) electrons. The van der Waals surface area contributed by atoms with Crippen LogP contribution in [-0.4, -0.2) is 31.8 Å². The first-order valence-corrected chi connectivity index (χ1v) is 7.64. The number of hydrogen-bond acceptors (Lipinski definition) is 3. The first-order valence-electron chi connectivity index (χ1n) is 7.26. The van der Waals surface area contributed by atoms with Crippen LogP contribution in [-0.2, 0) is 11.3 Å². The van der Waals surface area contributed by atoms with Gasteiger partial charge in [0.05, 0.1) is 17.3 Å². The van der Waals surface area contributed by atoms with Crippen LogP contribution in [0.3, 0.4) is 0 Å². The molecule has 2 aromatic rings. The summed E-state index contributed by atoms with van der Waals surface area (Å²) in [4.78, 5) is 30.3. The van der Waals surface area contributed by atoms with Gasteiger partial charge in [0.25, 0.3) is 5.91 Å². The number of nitrogens with zero attached hydrogens (tertiary/aromatic N) is 3. The predicted molar refractivity (Wildman–Crippen MR) is 82.6 cm³/mol. The molecule has 1 fully saturated rings. The molecule has 3 rings (SSSR count). The average molecular weight is 321 g/mol. The molecule has 116 valence electrons. The van der Waals surface area contributed by atoms with Crippen LogP contribution in [0.1, 0.15) is 32.4 Å². The third-order valence-electron chi connectivity index (χ3n) is 4.24. The topological polar surface area (TPSA) is 66.7 Å². The number of rotatable bonds is 4. The fourth-order valence-corrected chi connectivity index (χ4v) is 2.97. The standard InChI is InChI=1S/C15H17ClN4O2/c1-3-15(4-2)13(21)20(14(22)18-15)9-11-8-19-7-10(16)5-6-12(19)17-11/h5-8H,3-4,9H2,1-2H3,(H,18,22). The highest BCUT2D eigenvalue weighted by molar-refractivity contribution is 6.30. The van der Waals surface area contributed by atoms with E-state index in [0.29, 0.717) is 23.6 Å². The van der Waals surface area contributed by atoms with Gasteiger partial charge in [-0.15, -0.1) is 0 Å². The molecule has 0 unspecified atom stereocenters. The lowest BCUT2D eigenvalue weighted by Crippen LogP contribution is -2.45. The maximum absolute atomic E-state index is 12.6. The Morgan fingerprint density at radius 3 is 2.59 bits per heavy atom.